The molecule has 6 heteroatoms. The minimum Gasteiger partial charge on any atom is -0.393 e. The standard InChI is InChI=1S/C13H22N2O3S/c1-11(9-12(2)16)14-19(17,18)15(3)10-13-7-5-4-6-8-13/h4-8,11-12,14,16H,9-10H2,1-3H3. The van der Waals surface area contributed by atoms with Gasteiger partial charge in [-0.15, -0.1) is 0 Å². The van der Waals surface area contributed by atoms with Crippen molar-refractivity contribution in [2.75, 3.05) is 7.05 Å². The zero-order valence-electron chi connectivity index (χ0n) is 11.6. The minimum atomic E-state index is -3.53. The molecule has 2 unspecified atom stereocenters. The van der Waals surface area contributed by atoms with Gasteiger partial charge in [0.05, 0.1) is 6.10 Å². The average molecular weight is 286 g/mol. The van der Waals surface area contributed by atoms with Gasteiger partial charge in [-0.1, -0.05) is 30.3 Å². The van der Waals surface area contributed by atoms with Crippen molar-refractivity contribution >= 4 is 10.2 Å². The summed E-state index contributed by atoms with van der Waals surface area (Å²) in [6, 6.07) is 9.10. The van der Waals surface area contributed by atoms with Crippen LogP contribution in [0.1, 0.15) is 25.8 Å². The number of benzene rings is 1. The van der Waals surface area contributed by atoms with Gasteiger partial charge in [-0.3, -0.25) is 0 Å². The second kappa shape index (κ2) is 7.00. The molecule has 0 spiro atoms. The predicted octanol–water partition coefficient (Wildman–Crippen LogP) is 1.11. The van der Waals surface area contributed by atoms with Gasteiger partial charge in [-0.2, -0.15) is 17.4 Å². The lowest BCUT2D eigenvalue weighted by Gasteiger charge is -2.21. The summed E-state index contributed by atoms with van der Waals surface area (Å²) in [6.45, 7) is 3.69. The summed E-state index contributed by atoms with van der Waals surface area (Å²) in [4.78, 5) is 0. The molecule has 0 aromatic heterocycles. The molecule has 2 atom stereocenters. The van der Waals surface area contributed by atoms with Gasteiger partial charge in [0.2, 0.25) is 0 Å². The Morgan fingerprint density at radius 3 is 2.37 bits per heavy atom. The third-order valence-electron chi connectivity index (χ3n) is 2.70. The Morgan fingerprint density at radius 1 is 1.26 bits per heavy atom. The highest BCUT2D eigenvalue weighted by Crippen LogP contribution is 2.07. The van der Waals surface area contributed by atoms with E-state index in [0.717, 1.165) is 5.56 Å². The van der Waals surface area contributed by atoms with Crippen molar-refractivity contribution in [2.24, 2.45) is 0 Å². The number of nitrogens with one attached hydrogen (secondary N) is 1. The van der Waals surface area contributed by atoms with Crippen LogP contribution >= 0.6 is 0 Å². The lowest BCUT2D eigenvalue weighted by molar-refractivity contribution is 0.174. The normalized spacial score (nSPS) is 15.4. The molecule has 0 heterocycles. The number of nitrogens with zero attached hydrogens (tertiary/aromatic N) is 1. The molecule has 19 heavy (non-hydrogen) atoms. The average Bonchev–Trinajstić information content (AvgIpc) is 2.28. The Labute approximate surface area is 115 Å². The fourth-order valence-electron chi connectivity index (χ4n) is 1.83. The number of hydrogen-bond donors (Lipinski definition) is 2. The van der Waals surface area contributed by atoms with Crippen LogP contribution in [0.2, 0.25) is 0 Å². The van der Waals surface area contributed by atoms with Gasteiger partial charge in [0.25, 0.3) is 10.2 Å². The van der Waals surface area contributed by atoms with E-state index >= 15 is 0 Å². The van der Waals surface area contributed by atoms with Crippen LogP contribution in [0.25, 0.3) is 0 Å². The number of rotatable bonds is 7. The highest BCUT2D eigenvalue weighted by atomic mass is 32.2. The van der Waals surface area contributed by atoms with Crippen molar-refractivity contribution in [3.8, 4) is 0 Å². The molecule has 2 N–H and O–H groups in total. The highest BCUT2D eigenvalue weighted by molar-refractivity contribution is 7.87. The smallest absolute Gasteiger partial charge is 0.279 e. The molecule has 0 bridgehead atoms. The van der Waals surface area contributed by atoms with Crippen molar-refractivity contribution in [1.82, 2.24) is 9.03 Å². The fraction of sp³-hybridized carbons (Fsp3) is 0.538. The Hall–Kier alpha value is -0.950. The van der Waals surface area contributed by atoms with Gasteiger partial charge < -0.3 is 5.11 Å². The van der Waals surface area contributed by atoms with Gasteiger partial charge in [-0.05, 0) is 25.8 Å². The first kappa shape index (κ1) is 16.1. The number of aliphatic hydroxyl groups is 1. The second-order valence-electron chi connectivity index (χ2n) is 4.85. The van der Waals surface area contributed by atoms with Gasteiger partial charge in [0, 0.05) is 19.6 Å². The third kappa shape index (κ3) is 5.69. The Bertz CT molecular complexity index is 474. The second-order valence-corrected chi connectivity index (χ2v) is 6.66. The van der Waals surface area contributed by atoms with Crippen LogP contribution in [0.3, 0.4) is 0 Å². The summed E-state index contributed by atoms with van der Waals surface area (Å²) in [7, 11) is -2.00. The van der Waals surface area contributed by atoms with Crippen LogP contribution in [0.15, 0.2) is 30.3 Å². The van der Waals surface area contributed by atoms with Gasteiger partial charge in [0.1, 0.15) is 0 Å². The molecular weight excluding hydrogens is 264 g/mol. The molecular formula is C13H22N2O3S. The third-order valence-corrected chi connectivity index (χ3v) is 4.35. The molecule has 0 aliphatic rings. The SMILES string of the molecule is CC(O)CC(C)NS(=O)(=O)N(C)Cc1ccccc1. The lowest BCUT2D eigenvalue weighted by Crippen LogP contribution is -2.43. The van der Waals surface area contributed by atoms with E-state index in [4.69, 9.17) is 0 Å². The minimum absolute atomic E-state index is 0.303. The summed E-state index contributed by atoms with van der Waals surface area (Å²) < 4.78 is 27.9. The summed E-state index contributed by atoms with van der Waals surface area (Å²) in [5.74, 6) is 0. The van der Waals surface area contributed by atoms with Crippen molar-refractivity contribution in [2.45, 2.75) is 39.0 Å². The first-order valence-electron chi connectivity index (χ1n) is 6.27. The van der Waals surface area contributed by atoms with Crippen molar-refractivity contribution in [1.29, 1.82) is 0 Å². The van der Waals surface area contributed by atoms with E-state index in [9.17, 15) is 13.5 Å². The Morgan fingerprint density at radius 2 is 1.84 bits per heavy atom. The van der Waals surface area contributed by atoms with E-state index in [-0.39, 0.29) is 6.04 Å². The summed E-state index contributed by atoms with van der Waals surface area (Å²) in [5.41, 5.74) is 0.929. The van der Waals surface area contributed by atoms with Crippen LogP contribution in [-0.4, -0.2) is 37.0 Å². The molecule has 1 aromatic rings. The van der Waals surface area contributed by atoms with Gasteiger partial charge >= 0.3 is 0 Å². The summed E-state index contributed by atoms with van der Waals surface area (Å²) in [6.07, 6.45) is -0.143. The predicted molar refractivity (Wildman–Crippen MR) is 75.7 cm³/mol. The molecule has 108 valence electrons. The van der Waals surface area contributed by atoms with Gasteiger partial charge in [-0.25, -0.2) is 0 Å². The van der Waals surface area contributed by atoms with E-state index in [1.165, 1.54) is 11.4 Å². The number of aliphatic hydroxyl groups excluding tert-OH is 1. The van der Waals surface area contributed by atoms with Crippen LogP contribution < -0.4 is 4.72 Å². The van der Waals surface area contributed by atoms with E-state index in [1.807, 2.05) is 30.3 Å². The molecule has 0 amide bonds. The first-order chi connectivity index (χ1) is 8.81. The molecule has 0 radical (unpaired) electrons. The molecule has 0 aliphatic carbocycles. The van der Waals surface area contributed by atoms with E-state index in [0.29, 0.717) is 13.0 Å². The summed E-state index contributed by atoms with van der Waals surface area (Å²) >= 11 is 0. The molecule has 1 rings (SSSR count). The molecule has 0 saturated carbocycles. The van der Waals surface area contributed by atoms with Crippen molar-refractivity contribution in [3.63, 3.8) is 0 Å². The molecule has 5 nitrogen and oxygen atoms in total. The van der Waals surface area contributed by atoms with E-state index < -0.39 is 16.3 Å². The topological polar surface area (TPSA) is 69.6 Å². The maximum atomic E-state index is 12.1. The van der Waals surface area contributed by atoms with Crippen LogP contribution in [0.4, 0.5) is 0 Å². The Balaban J connectivity index is 2.62. The zero-order chi connectivity index (χ0) is 14.5. The maximum Gasteiger partial charge on any atom is 0.279 e. The first-order valence-corrected chi connectivity index (χ1v) is 7.71. The summed E-state index contributed by atoms with van der Waals surface area (Å²) in [5, 5.41) is 9.25. The van der Waals surface area contributed by atoms with Crippen molar-refractivity contribution in [3.05, 3.63) is 35.9 Å². The molecule has 1 aromatic carbocycles. The van der Waals surface area contributed by atoms with Crippen LogP contribution in [0, 0.1) is 0 Å². The highest BCUT2D eigenvalue weighted by Gasteiger charge is 2.20. The molecule has 0 aliphatic heterocycles. The van der Waals surface area contributed by atoms with Gasteiger partial charge in [0.15, 0.2) is 0 Å². The number of hydrogen-bond acceptors (Lipinski definition) is 3. The maximum absolute atomic E-state index is 12.1. The molecule has 0 fully saturated rings. The van der Waals surface area contributed by atoms with Crippen molar-refractivity contribution < 1.29 is 13.5 Å². The monoisotopic (exact) mass is 286 g/mol. The van der Waals surface area contributed by atoms with E-state index in [1.54, 1.807) is 13.8 Å². The fourth-order valence-corrected chi connectivity index (χ4v) is 2.93. The quantitative estimate of drug-likeness (QED) is 0.789. The van der Waals surface area contributed by atoms with E-state index in [2.05, 4.69) is 4.72 Å². The van der Waals surface area contributed by atoms with Crippen LogP contribution in [0.5, 0.6) is 0 Å². The zero-order valence-corrected chi connectivity index (χ0v) is 12.4. The molecule has 0 saturated heterocycles. The van der Waals surface area contributed by atoms with Crippen LogP contribution in [-0.2, 0) is 16.8 Å². The Kier molecular flexibility index (Phi) is 5.93. The lowest BCUT2D eigenvalue weighted by atomic mass is 10.2. The largest absolute Gasteiger partial charge is 0.393 e.